The average molecular weight is 132 g/mol. The molecule has 0 saturated heterocycles. The lowest BCUT2D eigenvalue weighted by molar-refractivity contribution is -0.136. The first-order chi connectivity index (χ1) is 3.13. The van der Waals surface area contributed by atoms with Crippen LogP contribution < -0.4 is 0 Å². The average Bonchev–Trinajstić information content (AvgIpc) is 1.27. The Morgan fingerprint density at radius 3 is 1.88 bits per heavy atom. The fourth-order valence-electron chi connectivity index (χ4n) is 0.245. The highest BCUT2D eigenvalue weighted by Gasteiger charge is 1.87. The van der Waals surface area contributed by atoms with Crippen LogP contribution in [0.3, 0.4) is 0 Å². The number of hydrogen-bond acceptors (Lipinski definition) is 2. The summed E-state index contributed by atoms with van der Waals surface area (Å²) in [6.45, 7) is 6.32. The van der Waals surface area contributed by atoms with Gasteiger partial charge in [-0.1, -0.05) is 6.58 Å². The Labute approximate surface area is 53.6 Å². The summed E-state index contributed by atoms with van der Waals surface area (Å²) < 4.78 is 4.42. The number of allylic oxidation sites excluding steroid dienone is 1. The van der Waals surface area contributed by atoms with Crippen LogP contribution in [0.2, 0.25) is 0 Å². The Morgan fingerprint density at radius 2 is 1.88 bits per heavy atom. The van der Waals surface area contributed by atoms with Crippen molar-refractivity contribution in [2.24, 2.45) is 0 Å². The maximum Gasteiger partial charge on any atom is 0.307 e. The first kappa shape index (κ1) is 10.4. The van der Waals surface area contributed by atoms with E-state index in [1.54, 1.807) is 6.92 Å². The predicted molar refractivity (Wildman–Crippen MR) is 37.9 cm³/mol. The van der Waals surface area contributed by atoms with E-state index in [1.165, 1.54) is 6.92 Å². The van der Waals surface area contributed by atoms with Crippen molar-refractivity contribution in [1.29, 1.82) is 0 Å². The molecule has 48 valence electrons. The van der Waals surface area contributed by atoms with E-state index in [2.05, 4.69) is 11.3 Å². The van der Waals surface area contributed by atoms with E-state index in [0.717, 1.165) is 0 Å². The number of ether oxygens (including phenoxy) is 1. The van der Waals surface area contributed by atoms with Crippen molar-refractivity contribution in [2.45, 2.75) is 13.8 Å². The topological polar surface area (TPSA) is 26.3 Å². The molecule has 0 aliphatic rings. The minimum Gasteiger partial charge on any atom is -0.432 e. The number of rotatable bonds is 1. The van der Waals surface area contributed by atoms with Gasteiger partial charge in [0, 0.05) is 6.92 Å². The Kier molecular flexibility index (Phi) is 5.97. The highest BCUT2D eigenvalue weighted by Crippen LogP contribution is 1.87. The molecule has 0 fully saturated rings. The Balaban J connectivity index is 0. The first-order valence-electron chi connectivity index (χ1n) is 1.97. The van der Waals surface area contributed by atoms with E-state index in [-0.39, 0.29) is 16.9 Å². The monoisotopic (exact) mass is 132 g/mol. The second-order valence-electron chi connectivity index (χ2n) is 1.30. The molecule has 0 rings (SSSR count). The second kappa shape index (κ2) is 4.58. The van der Waals surface area contributed by atoms with Gasteiger partial charge in [-0.25, -0.2) is 0 Å². The fourth-order valence-corrected chi connectivity index (χ4v) is 0.245. The summed E-state index contributed by atoms with van der Waals surface area (Å²) in [6, 6.07) is 0. The summed E-state index contributed by atoms with van der Waals surface area (Å²) in [5.74, 6) is 0.125. The van der Waals surface area contributed by atoms with Crippen LogP contribution in [0.5, 0.6) is 0 Å². The van der Waals surface area contributed by atoms with Crippen molar-refractivity contribution >= 4 is 16.9 Å². The molecule has 0 radical (unpaired) electrons. The van der Waals surface area contributed by atoms with Gasteiger partial charge in [0.15, 0.2) is 0 Å². The van der Waals surface area contributed by atoms with Crippen LogP contribution in [-0.2, 0) is 9.53 Å². The van der Waals surface area contributed by atoms with Gasteiger partial charge in [-0.3, -0.25) is 4.79 Å². The van der Waals surface area contributed by atoms with E-state index in [0.29, 0.717) is 5.76 Å². The molecule has 0 heterocycles. The third-order valence-electron chi connectivity index (χ3n) is 0.318. The molecule has 8 heavy (non-hydrogen) atoms. The maximum atomic E-state index is 9.97. The molecule has 0 bridgehead atoms. The van der Waals surface area contributed by atoms with Crippen molar-refractivity contribution in [2.75, 3.05) is 0 Å². The standard InChI is InChI=1S/C5H8O2.H4Si/c1-4(2)7-5(3)6;/h1H2,2-3H3;1H4. The van der Waals surface area contributed by atoms with Gasteiger partial charge in [-0.15, -0.1) is 0 Å². The molecular weight excluding hydrogens is 120 g/mol. The van der Waals surface area contributed by atoms with Crippen molar-refractivity contribution in [3.05, 3.63) is 12.3 Å². The zero-order valence-electron chi connectivity index (χ0n) is 4.52. The Hall–Kier alpha value is -0.573. The summed E-state index contributed by atoms with van der Waals surface area (Å²) in [7, 11) is 0. The Bertz CT molecular complexity index is 86.6. The lowest BCUT2D eigenvalue weighted by Crippen LogP contribution is -1.93. The lowest BCUT2D eigenvalue weighted by atomic mass is 10.6. The molecule has 0 atom stereocenters. The number of carbonyl (C=O) groups excluding carboxylic acids is 1. The van der Waals surface area contributed by atoms with Crippen LogP contribution >= 0.6 is 0 Å². The van der Waals surface area contributed by atoms with Gasteiger partial charge in [0.1, 0.15) is 0 Å². The molecule has 0 aliphatic carbocycles. The van der Waals surface area contributed by atoms with E-state index >= 15 is 0 Å². The molecular formula is C5H12O2Si. The van der Waals surface area contributed by atoms with Crippen LogP contribution in [-0.4, -0.2) is 16.9 Å². The molecule has 0 saturated carbocycles. The molecule has 0 N–H and O–H groups in total. The van der Waals surface area contributed by atoms with Gasteiger partial charge in [-0.05, 0) is 17.9 Å². The van der Waals surface area contributed by atoms with Crippen molar-refractivity contribution in [3.8, 4) is 0 Å². The fraction of sp³-hybridized carbons (Fsp3) is 0.400. The molecule has 0 aromatic rings. The van der Waals surface area contributed by atoms with E-state index in [1.807, 2.05) is 0 Å². The molecule has 0 spiro atoms. The molecule has 0 unspecified atom stereocenters. The summed E-state index contributed by atoms with van der Waals surface area (Å²) in [4.78, 5) is 9.97. The van der Waals surface area contributed by atoms with Crippen LogP contribution in [0.25, 0.3) is 0 Å². The van der Waals surface area contributed by atoms with Gasteiger partial charge < -0.3 is 4.74 Å². The number of carbonyl (C=O) groups is 1. The van der Waals surface area contributed by atoms with Crippen molar-refractivity contribution in [3.63, 3.8) is 0 Å². The second-order valence-corrected chi connectivity index (χ2v) is 1.30. The Morgan fingerprint density at radius 1 is 1.50 bits per heavy atom. The van der Waals surface area contributed by atoms with Gasteiger partial charge in [0.05, 0.1) is 5.76 Å². The summed E-state index contributed by atoms with van der Waals surface area (Å²) in [6.07, 6.45) is 0. The maximum absolute atomic E-state index is 9.97. The molecule has 0 aliphatic heterocycles. The van der Waals surface area contributed by atoms with Gasteiger partial charge in [-0.2, -0.15) is 0 Å². The number of hydrogen-bond donors (Lipinski definition) is 0. The van der Waals surface area contributed by atoms with Crippen LogP contribution in [0, 0.1) is 0 Å². The lowest BCUT2D eigenvalue weighted by Gasteiger charge is -1.93. The quantitative estimate of drug-likeness (QED) is 0.276. The SMILES string of the molecule is C=C(C)OC(C)=O.[SiH4]. The van der Waals surface area contributed by atoms with Gasteiger partial charge >= 0.3 is 5.97 Å². The highest BCUT2D eigenvalue weighted by molar-refractivity contribution is 5.75. The van der Waals surface area contributed by atoms with Gasteiger partial charge in [0.2, 0.25) is 0 Å². The molecule has 2 nitrogen and oxygen atoms in total. The molecule has 0 aromatic heterocycles. The smallest absolute Gasteiger partial charge is 0.307 e. The predicted octanol–water partition coefficient (Wildman–Crippen LogP) is -0.369. The van der Waals surface area contributed by atoms with E-state index < -0.39 is 0 Å². The third-order valence-corrected chi connectivity index (χ3v) is 0.318. The highest BCUT2D eigenvalue weighted by atomic mass is 28.1. The molecule has 0 amide bonds. The van der Waals surface area contributed by atoms with Crippen LogP contribution in [0.4, 0.5) is 0 Å². The van der Waals surface area contributed by atoms with Crippen molar-refractivity contribution in [1.82, 2.24) is 0 Å². The summed E-state index contributed by atoms with van der Waals surface area (Å²) in [5.41, 5.74) is 0. The molecule has 3 heteroatoms. The van der Waals surface area contributed by atoms with Gasteiger partial charge in [0.25, 0.3) is 0 Å². The van der Waals surface area contributed by atoms with Crippen LogP contribution in [0.15, 0.2) is 12.3 Å². The van der Waals surface area contributed by atoms with E-state index in [4.69, 9.17) is 0 Å². The van der Waals surface area contributed by atoms with E-state index in [9.17, 15) is 4.79 Å². The zero-order valence-corrected chi connectivity index (χ0v) is 4.52. The van der Waals surface area contributed by atoms with Crippen LogP contribution in [0.1, 0.15) is 13.8 Å². The first-order valence-corrected chi connectivity index (χ1v) is 1.97. The number of esters is 1. The summed E-state index contributed by atoms with van der Waals surface area (Å²) in [5, 5.41) is 0. The summed E-state index contributed by atoms with van der Waals surface area (Å²) >= 11 is 0. The largest absolute Gasteiger partial charge is 0.432 e. The molecule has 0 aromatic carbocycles. The minimum absolute atomic E-state index is 0. The minimum atomic E-state index is -0.312. The zero-order chi connectivity index (χ0) is 5.86. The third kappa shape index (κ3) is 9.06. The van der Waals surface area contributed by atoms with Crippen molar-refractivity contribution < 1.29 is 9.53 Å². The normalized spacial score (nSPS) is 6.75.